The topological polar surface area (TPSA) is 73.9 Å². The van der Waals surface area contributed by atoms with Crippen LogP contribution in [0.4, 0.5) is 23.2 Å². The number of amides is 2. The van der Waals surface area contributed by atoms with Gasteiger partial charge in [-0.05, 0) is 54.8 Å². The second-order valence-corrected chi connectivity index (χ2v) is 10.3. The summed E-state index contributed by atoms with van der Waals surface area (Å²) in [5.74, 6) is -1.54. The lowest BCUT2D eigenvalue weighted by atomic mass is 9.89. The maximum atomic E-state index is 14.9. The lowest BCUT2D eigenvalue weighted by molar-refractivity contribution is -0.138. The number of ether oxygens (including phenoxy) is 1. The monoisotopic (exact) mass is 564 g/mol. The highest BCUT2D eigenvalue weighted by molar-refractivity contribution is 5.92. The molecule has 2 aliphatic heterocycles. The molecular weight excluding hydrogens is 528 g/mol. The van der Waals surface area contributed by atoms with E-state index in [0.29, 0.717) is 38.2 Å². The number of hydrogen-bond acceptors (Lipinski definition) is 5. The molecule has 11 heteroatoms. The standard InChI is InChI=1S/C29H36F4N4O3/c1-3-36-9-11-37(12-10-36)18-21-7-8-23(16-24(21)29(31,32)33)35-27(38)15-20-6-5-19(13-25(20)30)22-14-26(40-4-2)28(39)34-17-22/h5-8,13,16,22,26H,3-4,9-12,14-15,17-18H2,1-2H3,(H,34,39)(H,35,38). The first-order valence-electron chi connectivity index (χ1n) is 13.7. The van der Waals surface area contributed by atoms with Crippen LogP contribution in [0.3, 0.4) is 0 Å². The van der Waals surface area contributed by atoms with Crippen molar-refractivity contribution in [3.8, 4) is 0 Å². The summed E-state index contributed by atoms with van der Waals surface area (Å²) in [6, 6.07) is 8.34. The molecule has 0 saturated carbocycles. The summed E-state index contributed by atoms with van der Waals surface area (Å²) in [6.07, 6.45) is -5.09. The smallest absolute Gasteiger partial charge is 0.369 e. The fraction of sp³-hybridized carbons (Fsp3) is 0.517. The highest BCUT2D eigenvalue weighted by Crippen LogP contribution is 2.35. The van der Waals surface area contributed by atoms with Crippen molar-refractivity contribution >= 4 is 17.5 Å². The van der Waals surface area contributed by atoms with Crippen LogP contribution in [0.5, 0.6) is 0 Å². The first-order valence-corrected chi connectivity index (χ1v) is 13.7. The number of carbonyl (C=O) groups is 2. The molecule has 2 aliphatic rings. The molecule has 2 saturated heterocycles. The Morgan fingerprint density at radius 1 is 1.05 bits per heavy atom. The van der Waals surface area contributed by atoms with Crippen LogP contribution in [0.1, 0.15) is 48.4 Å². The molecule has 2 heterocycles. The quantitative estimate of drug-likeness (QED) is 0.448. The van der Waals surface area contributed by atoms with Crippen molar-refractivity contribution in [1.82, 2.24) is 15.1 Å². The Labute approximate surface area is 231 Å². The van der Waals surface area contributed by atoms with Crippen LogP contribution in [0.25, 0.3) is 0 Å². The molecule has 2 aromatic rings. The second-order valence-electron chi connectivity index (χ2n) is 10.3. The zero-order valence-corrected chi connectivity index (χ0v) is 22.8. The van der Waals surface area contributed by atoms with E-state index in [-0.39, 0.29) is 41.6 Å². The molecule has 40 heavy (non-hydrogen) atoms. The van der Waals surface area contributed by atoms with Gasteiger partial charge in [-0.15, -0.1) is 0 Å². The fourth-order valence-electron chi connectivity index (χ4n) is 5.28. The Bertz CT molecular complexity index is 1200. The number of piperidine rings is 1. The predicted molar refractivity (Wildman–Crippen MR) is 143 cm³/mol. The molecule has 0 bridgehead atoms. The number of anilines is 1. The molecule has 2 fully saturated rings. The molecule has 218 valence electrons. The molecule has 2 aromatic carbocycles. The average molecular weight is 565 g/mol. The third kappa shape index (κ3) is 7.58. The van der Waals surface area contributed by atoms with E-state index in [1.165, 1.54) is 24.3 Å². The van der Waals surface area contributed by atoms with E-state index in [0.717, 1.165) is 25.7 Å². The largest absolute Gasteiger partial charge is 0.416 e. The van der Waals surface area contributed by atoms with Gasteiger partial charge < -0.3 is 20.3 Å². The summed E-state index contributed by atoms with van der Waals surface area (Å²) in [5, 5.41) is 5.26. The maximum Gasteiger partial charge on any atom is 0.416 e. The van der Waals surface area contributed by atoms with E-state index in [4.69, 9.17) is 4.74 Å². The van der Waals surface area contributed by atoms with Gasteiger partial charge in [0.25, 0.3) is 0 Å². The summed E-state index contributed by atoms with van der Waals surface area (Å²) in [7, 11) is 0. The number of alkyl halides is 3. The Balaban J connectivity index is 1.40. The number of carbonyl (C=O) groups excluding carboxylic acids is 2. The zero-order valence-electron chi connectivity index (χ0n) is 22.8. The molecular formula is C29H36F4N4O3. The summed E-state index contributed by atoms with van der Waals surface area (Å²) in [6.45, 7) is 8.70. The molecule has 4 rings (SSSR count). The average Bonchev–Trinajstić information content (AvgIpc) is 2.92. The summed E-state index contributed by atoms with van der Waals surface area (Å²) < 4.78 is 62.1. The van der Waals surface area contributed by atoms with Crippen molar-refractivity contribution in [3.63, 3.8) is 0 Å². The van der Waals surface area contributed by atoms with Crippen LogP contribution < -0.4 is 10.6 Å². The molecule has 0 spiro atoms. The molecule has 7 nitrogen and oxygen atoms in total. The molecule has 0 aromatic heterocycles. The van der Waals surface area contributed by atoms with Crippen molar-refractivity contribution in [2.24, 2.45) is 0 Å². The van der Waals surface area contributed by atoms with Gasteiger partial charge in [0.1, 0.15) is 11.9 Å². The van der Waals surface area contributed by atoms with Crippen LogP contribution in [0.15, 0.2) is 36.4 Å². The van der Waals surface area contributed by atoms with E-state index >= 15 is 0 Å². The van der Waals surface area contributed by atoms with Gasteiger partial charge in [-0.3, -0.25) is 14.5 Å². The summed E-state index contributed by atoms with van der Waals surface area (Å²) >= 11 is 0. The number of benzene rings is 2. The predicted octanol–water partition coefficient (Wildman–Crippen LogP) is 4.17. The number of nitrogens with one attached hydrogen (secondary N) is 2. The van der Waals surface area contributed by atoms with Gasteiger partial charge in [0.2, 0.25) is 11.8 Å². The van der Waals surface area contributed by atoms with Gasteiger partial charge in [-0.25, -0.2) is 4.39 Å². The highest BCUT2D eigenvalue weighted by Gasteiger charge is 2.34. The lowest BCUT2D eigenvalue weighted by Gasteiger charge is -2.34. The van der Waals surface area contributed by atoms with Crippen molar-refractivity contribution in [3.05, 3.63) is 64.5 Å². The molecule has 2 atom stereocenters. The third-order valence-corrected chi connectivity index (χ3v) is 7.59. The number of halogens is 4. The second kappa shape index (κ2) is 13.1. The SMILES string of the molecule is CCOC1CC(c2ccc(CC(=O)Nc3ccc(CN4CCN(CC)CC4)c(C(F)(F)F)c3)c(F)c2)CNC1=O. The first kappa shape index (κ1) is 30.0. The van der Waals surface area contributed by atoms with Crippen molar-refractivity contribution in [2.45, 2.75) is 51.4 Å². The minimum atomic E-state index is -4.58. The van der Waals surface area contributed by atoms with Gasteiger partial charge in [-0.1, -0.05) is 25.1 Å². The van der Waals surface area contributed by atoms with Crippen LogP contribution in [0, 0.1) is 5.82 Å². The summed E-state index contributed by atoms with van der Waals surface area (Å²) in [4.78, 5) is 28.8. The normalized spacial score (nSPS) is 20.8. The van der Waals surface area contributed by atoms with E-state index in [9.17, 15) is 27.2 Å². The number of piperazine rings is 1. The first-order chi connectivity index (χ1) is 19.1. The van der Waals surface area contributed by atoms with E-state index < -0.39 is 29.6 Å². The van der Waals surface area contributed by atoms with Crippen LogP contribution in [-0.4, -0.2) is 73.6 Å². The van der Waals surface area contributed by atoms with Gasteiger partial charge >= 0.3 is 6.18 Å². The van der Waals surface area contributed by atoms with Crippen molar-refractivity contribution in [1.29, 1.82) is 0 Å². The minimum absolute atomic E-state index is 0.00817. The Morgan fingerprint density at radius 2 is 1.75 bits per heavy atom. The minimum Gasteiger partial charge on any atom is -0.369 e. The Kier molecular flexibility index (Phi) is 9.81. The maximum absolute atomic E-state index is 14.9. The Hall–Kier alpha value is -3.02. The number of hydrogen-bond donors (Lipinski definition) is 2. The molecule has 2 amide bonds. The molecule has 0 radical (unpaired) electrons. The van der Waals surface area contributed by atoms with Gasteiger partial charge in [0.15, 0.2) is 0 Å². The van der Waals surface area contributed by atoms with Crippen LogP contribution in [-0.2, 0) is 33.5 Å². The van der Waals surface area contributed by atoms with Crippen LogP contribution >= 0.6 is 0 Å². The molecule has 2 unspecified atom stereocenters. The summed E-state index contributed by atoms with van der Waals surface area (Å²) in [5.41, 5.74) is 0.175. The van der Waals surface area contributed by atoms with E-state index in [1.807, 2.05) is 4.90 Å². The van der Waals surface area contributed by atoms with E-state index in [2.05, 4.69) is 22.5 Å². The van der Waals surface area contributed by atoms with Crippen molar-refractivity contribution in [2.75, 3.05) is 51.2 Å². The third-order valence-electron chi connectivity index (χ3n) is 7.59. The zero-order chi connectivity index (χ0) is 28.9. The number of likely N-dealkylation sites (N-methyl/N-ethyl adjacent to an activating group) is 1. The van der Waals surface area contributed by atoms with Gasteiger partial charge in [0.05, 0.1) is 12.0 Å². The van der Waals surface area contributed by atoms with Gasteiger partial charge in [-0.2, -0.15) is 13.2 Å². The Morgan fingerprint density at radius 3 is 2.40 bits per heavy atom. The van der Waals surface area contributed by atoms with E-state index in [1.54, 1.807) is 13.0 Å². The van der Waals surface area contributed by atoms with Crippen LogP contribution in [0.2, 0.25) is 0 Å². The molecule has 2 N–H and O–H groups in total. The highest BCUT2D eigenvalue weighted by atomic mass is 19.4. The number of rotatable bonds is 9. The fourth-order valence-corrected chi connectivity index (χ4v) is 5.28. The molecule has 0 aliphatic carbocycles. The van der Waals surface area contributed by atoms with Gasteiger partial charge in [0, 0.05) is 57.5 Å². The lowest BCUT2D eigenvalue weighted by Crippen LogP contribution is -2.45. The number of nitrogens with zero attached hydrogens (tertiary/aromatic N) is 2. The van der Waals surface area contributed by atoms with Crippen molar-refractivity contribution < 1.29 is 31.9 Å².